The Bertz CT molecular complexity index is 774. The predicted octanol–water partition coefficient (Wildman–Crippen LogP) is 0.453. The Morgan fingerprint density at radius 3 is 3.08 bits per heavy atom. The maximum atomic E-state index is 12.2. The maximum absolute atomic E-state index is 12.2. The Balaban J connectivity index is 1.57. The van der Waals surface area contributed by atoms with Gasteiger partial charge in [-0.3, -0.25) is 9.69 Å². The second kappa shape index (κ2) is 8.41. The van der Waals surface area contributed by atoms with Crippen LogP contribution in [0.3, 0.4) is 0 Å². The molecule has 0 amide bonds. The van der Waals surface area contributed by atoms with E-state index in [1.54, 1.807) is 19.4 Å². The minimum atomic E-state index is -0.114. The lowest BCUT2D eigenvalue weighted by molar-refractivity contribution is -0.0292. The number of hydrogen-bond acceptors (Lipinski definition) is 8. The number of nitrogens with zero attached hydrogens (tertiary/aromatic N) is 6. The zero-order valence-electron chi connectivity index (χ0n) is 15.6. The van der Waals surface area contributed by atoms with Crippen molar-refractivity contribution in [2.45, 2.75) is 32.4 Å². The van der Waals surface area contributed by atoms with Gasteiger partial charge in [0.1, 0.15) is 0 Å². The molecule has 26 heavy (non-hydrogen) atoms. The summed E-state index contributed by atoms with van der Waals surface area (Å²) in [4.78, 5) is 24.9. The average Bonchev–Trinajstić information content (AvgIpc) is 3.05. The van der Waals surface area contributed by atoms with E-state index in [9.17, 15) is 4.79 Å². The van der Waals surface area contributed by atoms with Crippen LogP contribution in [0.15, 0.2) is 21.7 Å². The van der Waals surface area contributed by atoms with Crippen molar-refractivity contribution in [3.8, 4) is 0 Å². The first kappa shape index (κ1) is 18.5. The molecule has 0 bridgehead atoms. The van der Waals surface area contributed by atoms with E-state index in [4.69, 9.17) is 9.26 Å². The number of rotatable bonds is 7. The molecule has 2 aromatic rings. The van der Waals surface area contributed by atoms with Crippen LogP contribution in [-0.4, -0.2) is 64.0 Å². The van der Waals surface area contributed by atoms with E-state index in [0.717, 1.165) is 31.8 Å². The standard InChI is InChI=1S/C17H26N6O3/c1-4-5-14-19-15(26-20-14)12-23-8-9-25-13(11-23)10-22(3)16-17(24)21(2)7-6-18-16/h6-7,13H,4-5,8-12H2,1-3H3/t13-/m1/s1. The van der Waals surface area contributed by atoms with Crippen LogP contribution in [0, 0.1) is 0 Å². The Labute approximate surface area is 152 Å². The van der Waals surface area contributed by atoms with Crippen molar-refractivity contribution in [2.24, 2.45) is 7.05 Å². The lowest BCUT2D eigenvalue weighted by atomic mass is 10.2. The molecule has 0 aromatic carbocycles. The van der Waals surface area contributed by atoms with Gasteiger partial charge in [-0.05, 0) is 6.42 Å². The minimum Gasteiger partial charge on any atom is -0.374 e. The summed E-state index contributed by atoms with van der Waals surface area (Å²) in [6.45, 7) is 5.49. The van der Waals surface area contributed by atoms with Crippen LogP contribution in [0.4, 0.5) is 5.82 Å². The van der Waals surface area contributed by atoms with Gasteiger partial charge < -0.3 is 18.7 Å². The molecule has 1 saturated heterocycles. The van der Waals surface area contributed by atoms with Crippen LogP contribution < -0.4 is 10.5 Å². The molecule has 9 nitrogen and oxygen atoms in total. The van der Waals surface area contributed by atoms with Gasteiger partial charge in [0.15, 0.2) is 11.6 Å². The van der Waals surface area contributed by atoms with E-state index in [1.165, 1.54) is 4.57 Å². The molecule has 1 atom stereocenters. The first-order valence-electron chi connectivity index (χ1n) is 8.95. The summed E-state index contributed by atoms with van der Waals surface area (Å²) < 4.78 is 12.7. The quantitative estimate of drug-likeness (QED) is 0.701. The van der Waals surface area contributed by atoms with Crippen LogP contribution in [-0.2, 0) is 24.8 Å². The monoisotopic (exact) mass is 362 g/mol. The van der Waals surface area contributed by atoms with E-state index in [-0.39, 0.29) is 11.7 Å². The normalized spacial score (nSPS) is 18.2. The molecule has 3 heterocycles. The Morgan fingerprint density at radius 1 is 1.42 bits per heavy atom. The Kier molecular flexibility index (Phi) is 6.00. The fourth-order valence-corrected chi connectivity index (χ4v) is 3.04. The van der Waals surface area contributed by atoms with E-state index in [2.05, 4.69) is 26.9 Å². The number of ether oxygens (including phenoxy) is 1. The third-order valence-electron chi connectivity index (χ3n) is 4.40. The van der Waals surface area contributed by atoms with E-state index in [0.29, 0.717) is 31.4 Å². The molecule has 1 aliphatic heterocycles. The fourth-order valence-electron chi connectivity index (χ4n) is 3.04. The summed E-state index contributed by atoms with van der Waals surface area (Å²) in [7, 11) is 3.58. The number of anilines is 1. The first-order valence-corrected chi connectivity index (χ1v) is 8.95. The second-order valence-electron chi connectivity index (χ2n) is 6.63. The van der Waals surface area contributed by atoms with Crippen LogP contribution in [0.5, 0.6) is 0 Å². The van der Waals surface area contributed by atoms with Crippen LogP contribution in [0.1, 0.15) is 25.1 Å². The lowest BCUT2D eigenvalue weighted by Gasteiger charge is -2.34. The number of aromatic nitrogens is 4. The summed E-state index contributed by atoms with van der Waals surface area (Å²) in [6.07, 6.45) is 5.09. The summed E-state index contributed by atoms with van der Waals surface area (Å²) in [5, 5.41) is 4.00. The zero-order valence-corrected chi connectivity index (χ0v) is 15.6. The molecule has 2 aromatic heterocycles. The Morgan fingerprint density at radius 2 is 2.27 bits per heavy atom. The van der Waals surface area contributed by atoms with Crippen molar-refractivity contribution in [2.75, 3.05) is 38.2 Å². The highest BCUT2D eigenvalue weighted by molar-refractivity contribution is 5.34. The molecule has 0 unspecified atom stereocenters. The van der Waals surface area contributed by atoms with Gasteiger partial charge in [-0.25, -0.2) is 4.98 Å². The molecule has 0 saturated carbocycles. The van der Waals surface area contributed by atoms with Crippen molar-refractivity contribution in [3.05, 3.63) is 34.5 Å². The highest BCUT2D eigenvalue weighted by Gasteiger charge is 2.24. The first-order chi connectivity index (χ1) is 12.6. The van der Waals surface area contributed by atoms with Gasteiger partial charge in [0.05, 0.1) is 19.3 Å². The third-order valence-corrected chi connectivity index (χ3v) is 4.40. The molecular formula is C17H26N6O3. The Hall–Kier alpha value is -2.26. The van der Waals surface area contributed by atoms with Crippen molar-refractivity contribution in [1.82, 2.24) is 24.6 Å². The smallest absolute Gasteiger partial charge is 0.293 e. The maximum Gasteiger partial charge on any atom is 0.293 e. The summed E-state index contributed by atoms with van der Waals surface area (Å²) in [5.74, 6) is 1.83. The molecule has 142 valence electrons. The molecule has 0 aliphatic carbocycles. The van der Waals surface area contributed by atoms with Crippen molar-refractivity contribution in [3.63, 3.8) is 0 Å². The van der Waals surface area contributed by atoms with Gasteiger partial charge in [-0.15, -0.1) is 0 Å². The van der Waals surface area contributed by atoms with Crippen molar-refractivity contribution >= 4 is 5.82 Å². The van der Waals surface area contributed by atoms with Gasteiger partial charge in [-0.2, -0.15) is 4.98 Å². The van der Waals surface area contributed by atoms with E-state index >= 15 is 0 Å². The molecule has 1 aliphatic rings. The molecule has 1 fully saturated rings. The van der Waals surface area contributed by atoms with Gasteiger partial charge in [0, 0.05) is 52.5 Å². The molecule has 0 radical (unpaired) electrons. The van der Waals surface area contributed by atoms with E-state index in [1.807, 2.05) is 11.9 Å². The minimum absolute atomic E-state index is 0.0153. The van der Waals surface area contributed by atoms with Gasteiger partial charge >= 0.3 is 0 Å². The third kappa shape index (κ3) is 4.47. The van der Waals surface area contributed by atoms with Crippen molar-refractivity contribution < 1.29 is 9.26 Å². The topological polar surface area (TPSA) is 89.5 Å². The van der Waals surface area contributed by atoms with Gasteiger partial charge in [0.2, 0.25) is 5.89 Å². The number of morpholine rings is 1. The van der Waals surface area contributed by atoms with Crippen molar-refractivity contribution in [1.29, 1.82) is 0 Å². The van der Waals surface area contributed by atoms with Crippen LogP contribution in [0.25, 0.3) is 0 Å². The summed E-state index contributed by atoms with van der Waals surface area (Å²) >= 11 is 0. The highest BCUT2D eigenvalue weighted by atomic mass is 16.5. The number of hydrogen-bond donors (Lipinski definition) is 0. The molecule has 0 spiro atoms. The molecule has 0 N–H and O–H groups in total. The van der Waals surface area contributed by atoms with E-state index < -0.39 is 0 Å². The zero-order chi connectivity index (χ0) is 18.5. The molecular weight excluding hydrogens is 336 g/mol. The largest absolute Gasteiger partial charge is 0.374 e. The molecule has 9 heteroatoms. The predicted molar refractivity (Wildman–Crippen MR) is 96.1 cm³/mol. The number of likely N-dealkylation sites (N-methyl/N-ethyl adjacent to an activating group) is 1. The SMILES string of the molecule is CCCc1noc(CN2CCO[C@H](CN(C)c3nccn(C)c3=O)C2)n1. The second-order valence-corrected chi connectivity index (χ2v) is 6.63. The summed E-state index contributed by atoms with van der Waals surface area (Å²) in [5.41, 5.74) is -0.114. The van der Waals surface area contributed by atoms with Crippen LogP contribution >= 0.6 is 0 Å². The van der Waals surface area contributed by atoms with Gasteiger partial charge in [-0.1, -0.05) is 12.1 Å². The summed E-state index contributed by atoms with van der Waals surface area (Å²) in [6, 6.07) is 0. The highest BCUT2D eigenvalue weighted by Crippen LogP contribution is 2.12. The lowest BCUT2D eigenvalue weighted by Crippen LogP contribution is -2.47. The van der Waals surface area contributed by atoms with Crippen LogP contribution in [0.2, 0.25) is 0 Å². The number of aryl methyl sites for hydroxylation is 2. The average molecular weight is 362 g/mol. The fraction of sp³-hybridized carbons (Fsp3) is 0.647. The van der Waals surface area contributed by atoms with Gasteiger partial charge in [0.25, 0.3) is 5.56 Å². The molecule has 3 rings (SSSR count).